The van der Waals surface area contributed by atoms with E-state index in [-0.39, 0.29) is 217 Å². The Bertz CT molecular complexity index is 12.0. The number of hydrogen-bond donors (Lipinski definition) is 0. The maximum Gasteiger partial charge on any atom is 0 e. The molecule has 0 nitrogen and oxygen atoms in total. The zero-order valence-electron chi connectivity index (χ0n) is 9.46. The van der Waals surface area contributed by atoms with Crippen LogP contribution >= 0.6 is 0 Å². The maximum absolute atomic E-state index is 0. The van der Waals surface area contributed by atoms with Crippen LogP contribution in [0, 0.1) is 0 Å². The Kier molecular flexibility index (Phi) is 1170. The number of hydrogen-bond acceptors (Lipinski definition) is 0. The molecule has 12 heavy (non-hydrogen) atoms. The van der Waals surface area contributed by atoms with Gasteiger partial charge in [-0.1, -0.05) is 0 Å². The molecule has 0 saturated heterocycles. The summed E-state index contributed by atoms with van der Waals surface area (Å²) in [5, 5.41) is 0. The van der Waals surface area contributed by atoms with Crippen LogP contribution in [0.4, 0.5) is 0 Å². The van der Waals surface area contributed by atoms with Crippen LogP contribution in [0.3, 0.4) is 0 Å². The minimum atomic E-state index is 0. The first kappa shape index (κ1) is 129. The van der Waals surface area contributed by atoms with Crippen molar-refractivity contribution >= 4 is 217 Å². The predicted molar refractivity (Wildman–Crippen MR) is 69.0 cm³/mol. The quantitative estimate of drug-likeness (QED) is 0.348. The predicted octanol–water partition coefficient (Wildman–Crippen LogP) is -4.57. The maximum atomic E-state index is 0. The molecule has 24 valence electrons. The van der Waals surface area contributed by atoms with Gasteiger partial charge in [0.2, 0.25) is 0 Å². The van der Waals surface area contributed by atoms with Crippen molar-refractivity contribution in [1.29, 1.82) is 0 Å². The molecule has 24 radical (unpaired) electrons. The van der Waals surface area contributed by atoms with E-state index < -0.39 is 0 Å². The Labute approximate surface area is 212 Å². The molecule has 0 N–H and O–H groups in total. The van der Waals surface area contributed by atoms with Crippen LogP contribution in [0.5, 0.6) is 0 Å². The average molecular weight is 204 g/mol. The average Bonchev–Trinajstić information content (AvgIpc) is 0. The third-order valence-corrected chi connectivity index (χ3v) is 0. The molecular weight excluding hydrogens is 204 g/mol. The Hall–Kier alpha value is 6.78. The van der Waals surface area contributed by atoms with Gasteiger partial charge >= 0.3 is 0 Å². The summed E-state index contributed by atoms with van der Waals surface area (Å²) >= 11 is 0. The molecule has 0 aromatic rings. The molecule has 0 aliphatic carbocycles. The van der Waals surface area contributed by atoms with Gasteiger partial charge in [0.1, 0.15) is 0 Å². The molecule has 0 aliphatic rings. The smallest absolute Gasteiger partial charge is 0 e. The Morgan fingerprint density at radius 3 is 0.167 bits per heavy atom. The van der Waals surface area contributed by atoms with E-state index in [2.05, 4.69) is 0 Å². The van der Waals surface area contributed by atoms with Gasteiger partial charge in [-0.05, 0) is 0 Å². The molecule has 0 aliphatic heterocycles. The van der Waals surface area contributed by atoms with Gasteiger partial charge in [0.15, 0.2) is 0 Å². The van der Waals surface area contributed by atoms with Gasteiger partial charge < -0.3 is 0 Å². The summed E-state index contributed by atoms with van der Waals surface area (Å²) in [6, 6.07) is 0. The summed E-state index contributed by atoms with van der Waals surface area (Å²) in [5.74, 6) is 0. The third-order valence-electron chi connectivity index (χ3n) is 0. The van der Waals surface area contributed by atoms with Gasteiger partial charge in [-0.25, -0.2) is 0 Å². The van der Waals surface area contributed by atoms with E-state index in [1.807, 2.05) is 0 Å². The standard InChI is InChI=1S/6Al.6Li. The second-order valence-electron chi connectivity index (χ2n) is 0. The van der Waals surface area contributed by atoms with E-state index in [0.29, 0.717) is 0 Å². The van der Waals surface area contributed by atoms with E-state index >= 15 is 0 Å². The summed E-state index contributed by atoms with van der Waals surface area (Å²) < 4.78 is 0. The fourth-order valence-corrected chi connectivity index (χ4v) is 0. The molecule has 0 amide bonds. The number of rotatable bonds is 0. The molecule has 0 bridgehead atoms. The molecule has 0 atom stereocenters. The molecule has 0 unspecified atom stereocenters. The van der Waals surface area contributed by atoms with Crippen molar-refractivity contribution in [3.8, 4) is 0 Å². The van der Waals surface area contributed by atoms with Crippen LogP contribution in [-0.2, 0) is 0 Å². The van der Waals surface area contributed by atoms with Crippen LogP contribution in [0.2, 0.25) is 0 Å². The van der Waals surface area contributed by atoms with E-state index in [9.17, 15) is 0 Å². The Balaban J connectivity index is 0. The van der Waals surface area contributed by atoms with Gasteiger partial charge in [-0.15, -0.1) is 0 Å². The summed E-state index contributed by atoms with van der Waals surface area (Å²) in [5.41, 5.74) is 0. The summed E-state index contributed by atoms with van der Waals surface area (Å²) in [4.78, 5) is 0. The molecule has 0 saturated carbocycles. The monoisotopic (exact) mass is 204 g/mol. The van der Waals surface area contributed by atoms with Crippen molar-refractivity contribution in [1.82, 2.24) is 0 Å². The fourth-order valence-electron chi connectivity index (χ4n) is 0. The normalized spacial score (nSPS) is 0. The van der Waals surface area contributed by atoms with Crippen molar-refractivity contribution in [2.75, 3.05) is 0 Å². The molecular formula is Al6Li6. The van der Waals surface area contributed by atoms with Crippen molar-refractivity contribution in [2.45, 2.75) is 0 Å². The van der Waals surface area contributed by atoms with Gasteiger partial charge in [0, 0.05) is 217 Å². The first-order chi connectivity index (χ1) is 0. The fraction of sp³-hybridized carbons (Fsp3) is 0. The Morgan fingerprint density at radius 1 is 0.167 bits per heavy atom. The second kappa shape index (κ2) is 109. The van der Waals surface area contributed by atoms with Gasteiger partial charge in [0.25, 0.3) is 0 Å². The second-order valence-corrected chi connectivity index (χ2v) is 0. The summed E-state index contributed by atoms with van der Waals surface area (Å²) in [7, 11) is 0. The van der Waals surface area contributed by atoms with E-state index in [1.165, 1.54) is 0 Å². The summed E-state index contributed by atoms with van der Waals surface area (Å²) in [6.45, 7) is 0. The van der Waals surface area contributed by atoms with Crippen LogP contribution in [-0.4, -0.2) is 217 Å². The van der Waals surface area contributed by atoms with Crippen molar-refractivity contribution in [3.05, 3.63) is 0 Å². The zero-order chi connectivity index (χ0) is 0. The van der Waals surface area contributed by atoms with E-state index in [4.69, 9.17) is 0 Å². The molecule has 0 aromatic carbocycles. The molecule has 0 rings (SSSR count). The third kappa shape index (κ3) is 90.9. The van der Waals surface area contributed by atoms with Gasteiger partial charge in [0.05, 0.1) is 0 Å². The molecule has 0 fully saturated rings. The molecule has 0 spiro atoms. The first-order valence-electron chi connectivity index (χ1n) is 0. The minimum absolute atomic E-state index is 0. The van der Waals surface area contributed by atoms with Crippen LogP contribution in [0.25, 0.3) is 0 Å². The van der Waals surface area contributed by atoms with Crippen molar-refractivity contribution < 1.29 is 0 Å². The topological polar surface area (TPSA) is 0 Å². The van der Waals surface area contributed by atoms with Gasteiger partial charge in [-0.3, -0.25) is 0 Å². The van der Waals surface area contributed by atoms with Crippen LogP contribution < -0.4 is 0 Å². The Morgan fingerprint density at radius 2 is 0.167 bits per heavy atom. The first-order valence-corrected chi connectivity index (χ1v) is 0. The zero-order valence-corrected chi connectivity index (χ0v) is 16.4. The minimum Gasteiger partial charge on any atom is 0 e. The van der Waals surface area contributed by atoms with Crippen LogP contribution in [0.1, 0.15) is 0 Å². The molecule has 12 heteroatoms. The van der Waals surface area contributed by atoms with E-state index in [1.54, 1.807) is 0 Å². The SMILES string of the molecule is [Al].[Al].[Al].[Al].[Al].[Al].[Li].[Li].[Li].[Li].[Li].[Li]. The van der Waals surface area contributed by atoms with E-state index in [0.717, 1.165) is 0 Å². The molecule has 0 aromatic heterocycles. The molecule has 0 heterocycles. The van der Waals surface area contributed by atoms with Crippen LogP contribution in [0.15, 0.2) is 0 Å². The van der Waals surface area contributed by atoms with Crippen molar-refractivity contribution in [3.63, 3.8) is 0 Å². The van der Waals surface area contributed by atoms with Crippen molar-refractivity contribution in [2.24, 2.45) is 0 Å². The van der Waals surface area contributed by atoms with Gasteiger partial charge in [-0.2, -0.15) is 0 Å². The largest absolute Gasteiger partial charge is 0 e. The summed E-state index contributed by atoms with van der Waals surface area (Å²) in [6.07, 6.45) is 0.